The molecule has 0 saturated carbocycles. The first kappa shape index (κ1) is 24.1. The highest BCUT2D eigenvalue weighted by atomic mass is 16.2. The standard InChI is InChI=1S/C27H28N8O2/c1-4-22(36)34-12-10-20(14-34)35-26-23(25(28)30-15-31-26)24(33-35)17-5-7-18(8-6-17)27(37)32-21-13-19(16(2)3)9-11-29-21/h4-9,11,13,15-16,20H,1,10,12,14H2,2-3H3,(H2,28,30,31)(H,29,32,37)/t20-/m1/s1. The number of rotatable bonds is 6. The van der Waals surface area contributed by atoms with E-state index in [1.807, 2.05) is 28.9 Å². The van der Waals surface area contributed by atoms with Gasteiger partial charge in [0.25, 0.3) is 5.91 Å². The summed E-state index contributed by atoms with van der Waals surface area (Å²) in [6.45, 7) is 8.88. The van der Waals surface area contributed by atoms with Crippen LogP contribution in [0.5, 0.6) is 0 Å². The third-order valence-corrected chi connectivity index (χ3v) is 6.63. The molecule has 4 aromatic rings. The number of nitrogens with zero attached hydrogens (tertiary/aromatic N) is 6. The highest BCUT2D eigenvalue weighted by molar-refractivity contribution is 6.04. The van der Waals surface area contributed by atoms with E-state index >= 15 is 0 Å². The molecule has 3 N–H and O–H groups in total. The molecular weight excluding hydrogens is 468 g/mol. The fraction of sp³-hybridized carbons (Fsp3) is 0.259. The van der Waals surface area contributed by atoms with Crippen molar-refractivity contribution in [1.82, 2.24) is 29.6 Å². The molecule has 2 amide bonds. The highest BCUT2D eigenvalue weighted by Gasteiger charge is 2.30. The van der Waals surface area contributed by atoms with Crippen LogP contribution < -0.4 is 11.1 Å². The van der Waals surface area contributed by atoms with Gasteiger partial charge in [-0.2, -0.15) is 5.10 Å². The number of hydrogen-bond donors (Lipinski definition) is 2. The van der Waals surface area contributed by atoms with Crippen molar-refractivity contribution in [1.29, 1.82) is 0 Å². The third-order valence-electron chi connectivity index (χ3n) is 6.63. The van der Waals surface area contributed by atoms with Crippen LogP contribution in [-0.2, 0) is 4.79 Å². The van der Waals surface area contributed by atoms with Gasteiger partial charge in [-0.1, -0.05) is 32.6 Å². The molecule has 1 fully saturated rings. The van der Waals surface area contributed by atoms with Gasteiger partial charge in [-0.25, -0.2) is 19.6 Å². The van der Waals surface area contributed by atoms with Gasteiger partial charge in [0.2, 0.25) is 5.91 Å². The van der Waals surface area contributed by atoms with Crippen molar-refractivity contribution in [3.05, 3.63) is 72.7 Å². The van der Waals surface area contributed by atoms with Crippen molar-refractivity contribution < 1.29 is 9.59 Å². The maximum absolute atomic E-state index is 12.8. The Bertz CT molecular complexity index is 1490. The van der Waals surface area contributed by atoms with Gasteiger partial charge in [0, 0.05) is 30.4 Å². The van der Waals surface area contributed by atoms with Crippen molar-refractivity contribution in [3.63, 3.8) is 0 Å². The minimum atomic E-state index is -0.254. The van der Waals surface area contributed by atoms with E-state index in [2.05, 4.69) is 40.7 Å². The fourth-order valence-electron chi connectivity index (χ4n) is 4.57. The molecule has 1 atom stereocenters. The van der Waals surface area contributed by atoms with Gasteiger partial charge in [0.1, 0.15) is 23.7 Å². The summed E-state index contributed by atoms with van der Waals surface area (Å²) < 4.78 is 1.83. The molecule has 0 radical (unpaired) electrons. The Hall–Kier alpha value is -4.60. The first-order valence-electron chi connectivity index (χ1n) is 12.1. The molecule has 5 rings (SSSR count). The number of nitrogen functional groups attached to an aromatic ring is 1. The van der Waals surface area contributed by atoms with Crippen LogP contribution in [-0.4, -0.2) is 54.5 Å². The van der Waals surface area contributed by atoms with Gasteiger partial charge < -0.3 is 16.0 Å². The van der Waals surface area contributed by atoms with E-state index < -0.39 is 0 Å². The summed E-state index contributed by atoms with van der Waals surface area (Å²) in [7, 11) is 0. The lowest BCUT2D eigenvalue weighted by Gasteiger charge is -2.14. The topological polar surface area (TPSA) is 132 Å². The van der Waals surface area contributed by atoms with Gasteiger partial charge in [-0.05, 0) is 48.2 Å². The lowest BCUT2D eigenvalue weighted by atomic mass is 10.0. The molecule has 4 heterocycles. The Labute approximate surface area is 214 Å². The molecule has 10 heteroatoms. The minimum absolute atomic E-state index is 0.0476. The number of likely N-dealkylation sites (tertiary alicyclic amines) is 1. The number of carbonyl (C=O) groups excluding carboxylic acids is 2. The average molecular weight is 497 g/mol. The molecule has 1 aromatic carbocycles. The second kappa shape index (κ2) is 9.81. The van der Waals surface area contributed by atoms with Crippen LogP contribution in [0.4, 0.5) is 11.6 Å². The summed E-state index contributed by atoms with van der Waals surface area (Å²) in [5, 5.41) is 8.35. The van der Waals surface area contributed by atoms with E-state index in [9.17, 15) is 9.59 Å². The first-order valence-corrected chi connectivity index (χ1v) is 12.1. The fourth-order valence-corrected chi connectivity index (χ4v) is 4.57. The Morgan fingerprint density at radius 1 is 1.16 bits per heavy atom. The second-order valence-corrected chi connectivity index (χ2v) is 9.34. The number of nitrogens with one attached hydrogen (secondary N) is 1. The quantitative estimate of drug-likeness (QED) is 0.388. The summed E-state index contributed by atoms with van der Waals surface area (Å²) >= 11 is 0. The van der Waals surface area contributed by atoms with E-state index in [-0.39, 0.29) is 17.9 Å². The molecule has 0 spiro atoms. The van der Waals surface area contributed by atoms with Crippen molar-refractivity contribution in [2.24, 2.45) is 0 Å². The molecule has 1 saturated heterocycles. The van der Waals surface area contributed by atoms with Crippen LogP contribution in [0.1, 0.15) is 48.1 Å². The maximum atomic E-state index is 12.8. The summed E-state index contributed by atoms with van der Waals surface area (Å²) in [5.41, 5.74) is 9.85. The number of hydrogen-bond acceptors (Lipinski definition) is 7. The van der Waals surface area contributed by atoms with E-state index in [1.54, 1.807) is 23.2 Å². The van der Waals surface area contributed by atoms with Gasteiger partial charge in [-0.15, -0.1) is 0 Å². The van der Waals surface area contributed by atoms with Crippen LogP contribution in [0.2, 0.25) is 0 Å². The Kier molecular flexibility index (Phi) is 6.39. The number of anilines is 2. The van der Waals surface area contributed by atoms with Crippen molar-refractivity contribution in [2.45, 2.75) is 32.2 Å². The van der Waals surface area contributed by atoms with Crippen molar-refractivity contribution in [2.75, 3.05) is 24.1 Å². The van der Waals surface area contributed by atoms with Crippen LogP contribution in [0, 0.1) is 0 Å². The number of carbonyl (C=O) groups is 2. The van der Waals surface area contributed by atoms with Gasteiger partial charge in [-0.3, -0.25) is 9.59 Å². The lowest BCUT2D eigenvalue weighted by molar-refractivity contribution is -0.125. The molecule has 188 valence electrons. The zero-order valence-electron chi connectivity index (χ0n) is 20.8. The molecule has 0 aliphatic carbocycles. The number of aromatic nitrogens is 5. The zero-order valence-corrected chi connectivity index (χ0v) is 20.8. The number of nitrogens with two attached hydrogens (primary N) is 1. The molecule has 37 heavy (non-hydrogen) atoms. The molecule has 0 unspecified atom stereocenters. The lowest BCUT2D eigenvalue weighted by Crippen LogP contribution is -2.27. The van der Waals surface area contributed by atoms with Crippen molar-refractivity contribution in [3.8, 4) is 11.3 Å². The van der Waals surface area contributed by atoms with Crippen molar-refractivity contribution >= 4 is 34.5 Å². The Morgan fingerprint density at radius 3 is 2.68 bits per heavy atom. The normalized spacial score (nSPS) is 15.3. The largest absolute Gasteiger partial charge is 0.383 e. The summed E-state index contributed by atoms with van der Waals surface area (Å²) in [6, 6.07) is 10.9. The molecule has 3 aromatic heterocycles. The molecule has 1 aliphatic heterocycles. The Morgan fingerprint density at radius 2 is 1.95 bits per heavy atom. The summed E-state index contributed by atoms with van der Waals surface area (Å²) in [4.78, 5) is 39.5. The molecule has 10 nitrogen and oxygen atoms in total. The van der Waals surface area contributed by atoms with Gasteiger partial charge in [0.15, 0.2) is 5.65 Å². The maximum Gasteiger partial charge on any atom is 0.256 e. The summed E-state index contributed by atoms with van der Waals surface area (Å²) in [5.74, 6) is 0.805. The van der Waals surface area contributed by atoms with E-state index in [0.29, 0.717) is 52.9 Å². The number of amides is 2. The van der Waals surface area contributed by atoms with Gasteiger partial charge >= 0.3 is 0 Å². The van der Waals surface area contributed by atoms with Crippen LogP contribution >= 0.6 is 0 Å². The first-order chi connectivity index (χ1) is 17.9. The Balaban J connectivity index is 1.43. The molecule has 1 aliphatic rings. The molecular formula is C27H28N8O2. The zero-order chi connectivity index (χ0) is 26.1. The number of benzene rings is 1. The van der Waals surface area contributed by atoms with Crippen LogP contribution in [0.15, 0.2) is 61.6 Å². The number of fused-ring (bicyclic) bond motifs is 1. The van der Waals surface area contributed by atoms with E-state index in [1.165, 1.54) is 12.4 Å². The van der Waals surface area contributed by atoms with Crippen LogP contribution in [0.25, 0.3) is 22.3 Å². The van der Waals surface area contributed by atoms with E-state index in [4.69, 9.17) is 10.8 Å². The SMILES string of the molecule is C=CC(=O)N1CC[C@@H](n2nc(-c3ccc(C(=O)Nc4cc(C(C)C)ccn4)cc3)c3c(N)ncnc32)C1. The van der Waals surface area contributed by atoms with Crippen LogP contribution in [0.3, 0.4) is 0 Å². The predicted molar refractivity (Wildman–Crippen MR) is 142 cm³/mol. The molecule has 0 bridgehead atoms. The monoisotopic (exact) mass is 496 g/mol. The third kappa shape index (κ3) is 4.65. The smallest absolute Gasteiger partial charge is 0.256 e. The minimum Gasteiger partial charge on any atom is -0.383 e. The summed E-state index contributed by atoms with van der Waals surface area (Å²) in [6.07, 6.45) is 5.17. The average Bonchev–Trinajstić information content (AvgIpc) is 3.54. The van der Waals surface area contributed by atoms with Gasteiger partial charge in [0.05, 0.1) is 11.4 Å². The number of pyridine rings is 1. The van der Waals surface area contributed by atoms with E-state index in [0.717, 1.165) is 17.5 Å². The predicted octanol–water partition coefficient (Wildman–Crippen LogP) is 3.81. The second-order valence-electron chi connectivity index (χ2n) is 9.34. The highest BCUT2D eigenvalue weighted by Crippen LogP contribution is 2.34.